The second-order valence-corrected chi connectivity index (χ2v) is 6.18. The molecule has 0 spiro atoms. The number of nitrogens with one attached hydrogen (secondary N) is 2. The van der Waals surface area contributed by atoms with Gasteiger partial charge in [-0.15, -0.1) is 0 Å². The van der Waals surface area contributed by atoms with Crippen molar-refractivity contribution in [2.24, 2.45) is 13.0 Å². The van der Waals surface area contributed by atoms with Gasteiger partial charge in [-0.05, 0) is 42.7 Å². The highest BCUT2D eigenvalue weighted by molar-refractivity contribution is 5.93. The van der Waals surface area contributed by atoms with Crippen LogP contribution in [0.2, 0.25) is 0 Å². The zero-order valence-corrected chi connectivity index (χ0v) is 13.3. The van der Waals surface area contributed by atoms with E-state index in [-0.39, 0.29) is 17.7 Å². The summed E-state index contributed by atoms with van der Waals surface area (Å²) in [5.41, 5.74) is 4.31. The molecule has 1 aliphatic rings. The van der Waals surface area contributed by atoms with Gasteiger partial charge in [0.2, 0.25) is 5.91 Å². The van der Waals surface area contributed by atoms with E-state index in [0.29, 0.717) is 6.54 Å². The van der Waals surface area contributed by atoms with Crippen molar-refractivity contribution in [1.29, 1.82) is 0 Å². The van der Waals surface area contributed by atoms with Gasteiger partial charge in [-0.3, -0.25) is 9.48 Å². The van der Waals surface area contributed by atoms with Crippen LogP contribution in [0.15, 0.2) is 30.6 Å². The van der Waals surface area contributed by atoms with Crippen LogP contribution < -0.4 is 10.6 Å². The first-order chi connectivity index (χ1) is 10.5. The van der Waals surface area contributed by atoms with Gasteiger partial charge in [0.05, 0.1) is 12.1 Å². The van der Waals surface area contributed by atoms with Crippen molar-refractivity contribution in [3.63, 3.8) is 0 Å². The first-order valence-electron chi connectivity index (χ1n) is 7.61. The highest BCUT2D eigenvalue weighted by Crippen LogP contribution is 2.29. The number of aromatic nitrogens is 2. The molecule has 1 aliphatic heterocycles. The monoisotopic (exact) mass is 298 g/mol. The van der Waals surface area contributed by atoms with Crippen molar-refractivity contribution in [3.05, 3.63) is 47.3 Å². The zero-order valence-electron chi connectivity index (χ0n) is 13.3. The average molecular weight is 298 g/mol. The van der Waals surface area contributed by atoms with Gasteiger partial charge in [-0.1, -0.05) is 6.07 Å². The molecule has 3 rings (SSSR count). The quantitative estimate of drug-likeness (QED) is 0.911. The summed E-state index contributed by atoms with van der Waals surface area (Å²) in [5, 5.41) is 10.6. The van der Waals surface area contributed by atoms with Gasteiger partial charge >= 0.3 is 0 Å². The fourth-order valence-electron chi connectivity index (χ4n) is 3.22. The summed E-state index contributed by atoms with van der Waals surface area (Å²) in [5.74, 6) is 0.188. The lowest BCUT2D eigenvalue weighted by Crippen LogP contribution is -2.28. The molecule has 2 N–H and O–H groups in total. The Hall–Kier alpha value is -2.14. The maximum absolute atomic E-state index is 12.6. The molecule has 22 heavy (non-hydrogen) atoms. The van der Waals surface area contributed by atoms with Gasteiger partial charge in [0.25, 0.3) is 0 Å². The van der Waals surface area contributed by atoms with Crippen LogP contribution in [0.5, 0.6) is 0 Å². The molecule has 2 atom stereocenters. The summed E-state index contributed by atoms with van der Waals surface area (Å²) < 4.78 is 1.78. The highest BCUT2D eigenvalue weighted by Gasteiger charge is 2.34. The molecule has 1 aromatic carbocycles. The van der Waals surface area contributed by atoms with Crippen LogP contribution in [-0.2, 0) is 11.8 Å². The number of hydrogen-bond donors (Lipinski definition) is 2. The van der Waals surface area contributed by atoms with Crippen LogP contribution in [0, 0.1) is 19.8 Å². The number of carbonyl (C=O) groups excluding carboxylic acids is 1. The van der Waals surface area contributed by atoms with Gasteiger partial charge in [-0.2, -0.15) is 5.10 Å². The van der Waals surface area contributed by atoms with Crippen molar-refractivity contribution >= 4 is 11.6 Å². The molecule has 0 radical (unpaired) electrons. The van der Waals surface area contributed by atoms with E-state index in [2.05, 4.69) is 21.8 Å². The van der Waals surface area contributed by atoms with Gasteiger partial charge in [0.1, 0.15) is 0 Å². The first kappa shape index (κ1) is 14.8. The molecule has 0 unspecified atom stereocenters. The molecule has 1 amide bonds. The normalized spacial score (nSPS) is 21.0. The summed E-state index contributed by atoms with van der Waals surface area (Å²) in [6.45, 7) is 5.60. The molecule has 1 saturated heterocycles. The molecular weight excluding hydrogens is 276 g/mol. The van der Waals surface area contributed by atoms with Crippen molar-refractivity contribution < 1.29 is 4.79 Å². The third kappa shape index (κ3) is 3.04. The Labute approximate surface area is 130 Å². The average Bonchev–Trinajstić information content (AvgIpc) is 3.05. The molecule has 0 aliphatic carbocycles. The predicted molar refractivity (Wildman–Crippen MR) is 86.9 cm³/mol. The van der Waals surface area contributed by atoms with Gasteiger partial charge in [0.15, 0.2) is 0 Å². The minimum atomic E-state index is -0.0648. The van der Waals surface area contributed by atoms with Gasteiger partial charge in [-0.25, -0.2) is 0 Å². The van der Waals surface area contributed by atoms with E-state index in [0.717, 1.165) is 28.9 Å². The van der Waals surface area contributed by atoms with Crippen LogP contribution >= 0.6 is 0 Å². The number of benzene rings is 1. The fraction of sp³-hybridized carbons (Fsp3) is 0.412. The highest BCUT2D eigenvalue weighted by atomic mass is 16.1. The summed E-state index contributed by atoms with van der Waals surface area (Å²) >= 11 is 0. The number of aryl methyl sites for hydroxylation is 3. The molecule has 2 heterocycles. The number of anilines is 1. The van der Waals surface area contributed by atoms with Gasteiger partial charge in [0, 0.05) is 37.9 Å². The van der Waals surface area contributed by atoms with Crippen LogP contribution in [0.25, 0.3) is 0 Å². The zero-order chi connectivity index (χ0) is 15.7. The largest absolute Gasteiger partial charge is 0.326 e. The summed E-state index contributed by atoms with van der Waals surface area (Å²) in [4.78, 5) is 12.6. The Bertz CT molecular complexity index is 671. The number of carbonyl (C=O) groups is 1. The lowest BCUT2D eigenvalue weighted by Gasteiger charge is -2.17. The van der Waals surface area contributed by atoms with Crippen LogP contribution in [0.1, 0.15) is 22.6 Å². The molecule has 1 fully saturated rings. The standard InChI is InChI=1S/C17H22N4O/c1-11-4-12(2)6-14(5-11)20-17(22)16-9-18-8-15(16)13-7-19-21(3)10-13/h4-7,10,15-16,18H,8-9H2,1-3H3,(H,20,22)/t15-,16+/m1/s1. The second-order valence-electron chi connectivity index (χ2n) is 6.18. The fourth-order valence-corrected chi connectivity index (χ4v) is 3.22. The molecule has 1 aromatic heterocycles. The number of amides is 1. The van der Waals surface area contributed by atoms with Crippen LogP contribution in [0.3, 0.4) is 0 Å². The molecular formula is C17H22N4O. The Kier molecular flexibility index (Phi) is 3.98. The molecule has 0 saturated carbocycles. The maximum Gasteiger partial charge on any atom is 0.229 e. The number of hydrogen-bond acceptors (Lipinski definition) is 3. The van der Waals surface area contributed by atoms with Crippen molar-refractivity contribution in [2.45, 2.75) is 19.8 Å². The summed E-state index contributed by atoms with van der Waals surface area (Å²) in [6.07, 6.45) is 3.85. The second kappa shape index (κ2) is 5.93. The lowest BCUT2D eigenvalue weighted by atomic mass is 9.90. The smallest absolute Gasteiger partial charge is 0.229 e. The Morgan fingerprint density at radius 1 is 1.27 bits per heavy atom. The van der Waals surface area contributed by atoms with E-state index >= 15 is 0 Å². The maximum atomic E-state index is 12.6. The molecule has 116 valence electrons. The minimum Gasteiger partial charge on any atom is -0.326 e. The molecule has 2 aromatic rings. The lowest BCUT2D eigenvalue weighted by molar-refractivity contribution is -0.119. The third-order valence-corrected chi connectivity index (χ3v) is 4.19. The molecule has 0 bridgehead atoms. The third-order valence-electron chi connectivity index (χ3n) is 4.19. The minimum absolute atomic E-state index is 0.0648. The van der Waals surface area contributed by atoms with E-state index < -0.39 is 0 Å². The van der Waals surface area contributed by atoms with E-state index in [1.807, 2.05) is 45.4 Å². The first-order valence-corrected chi connectivity index (χ1v) is 7.61. The van der Waals surface area contributed by atoms with Crippen LogP contribution in [0.4, 0.5) is 5.69 Å². The van der Waals surface area contributed by atoms with Crippen LogP contribution in [-0.4, -0.2) is 28.8 Å². The summed E-state index contributed by atoms with van der Waals surface area (Å²) in [6, 6.07) is 6.12. The molecule has 5 heteroatoms. The Morgan fingerprint density at radius 3 is 2.64 bits per heavy atom. The van der Waals surface area contributed by atoms with Gasteiger partial charge < -0.3 is 10.6 Å². The van der Waals surface area contributed by atoms with E-state index in [1.165, 1.54) is 0 Å². The molecule has 5 nitrogen and oxygen atoms in total. The number of nitrogens with zero attached hydrogens (tertiary/aromatic N) is 2. The van der Waals surface area contributed by atoms with Crippen molar-refractivity contribution in [2.75, 3.05) is 18.4 Å². The predicted octanol–water partition coefficient (Wildman–Crippen LogP) is 1.98. The van der Waals surface area contributed by atoms with E-state index in [1.54, 1.807) is 4.68 Å². The number of rotatable bonds is 3. The summed E-state index contributed by atoms with van der Waals surface area (Å²) in [7, 11) is 1.90. The van der Waals surface area contributed by atoms with E-state index in [4.69, 9.17) is 0 Å². The van der Waals surface area contributed by atoms with Crippen molar-refractivity contribution in [3.8, 4) is 0 Å². The van der Waals surface area contributed by atoms with Crippen molar-refractivity contribution in [1.82, 2.24) is 15.1 Å². The van der Waals surface area contributed by atoms with E-state index in [9.17, 15) is 4.79 Å². The Morgan fingerprint density at radius 2 is 2.00 bits per heavy atom. The SMILES string of the molecule is Cc1cc(C)cc(NC(=O)[C@H]2CNC[C@@H]2c2cnn(C)c2)c1. The topological polar surface area (TPSA) is 59.0 Å². The Balaban J connectivity index is 1.76.